The first-order valence-electron chi connectivity index (χ1n) is 12.1. The van der Waals surface area contributed by atoms with Crippen molar-refractivity contribution >= 4 is 0 Å². The van der Waals surface area contributed by atoms with Crippen LogP contribution in [0.25, 0.3) is 0 Å². The summed E-state index contributed by atoms with van der Waals surface area (Å²) in [5, 5.41) is 0. The molecule has 1 fully saturated rings. The Bertz CT molecular complexity index is 325. The number of unbranched alkanes of at least 4 members (excludes halogenated alkanes) is 5. The molecule has 0 aromatic rings. The quantitative estimate of drug-likeness (QED) is 0.225. The van der Waals surface area contributed by atoms with Crippen LogP contribution < -0.4 is 0 Å². The summed E-state index contributed by atoms with van der Waals surface area (Å²) < 4.78 is 38.6. The van der Waals surface area contributed by atoms with Crippen molar-refractivity contribution in [3.05, 3.63) is 0 Å². The Morgan fingerprint density at radius 2 is 1.07 bits per heavy atom. The van der Waals surface area contributed by atoms with Crippen LogP contribution in [0.5, 0.6) is 0 Å². The molecule has 1 unspecified atom stereocenters. The van der Waals surface area contributed by atoms with Crippen molar-refractivity contribution in [3.63, 3.8) is 0 Å². The van der Waals surface area contributed by atoms with E-state index in [1.807, 2.05) is 0 Å². The molecule has 7 nitrogen and oxygen atoms in total. The average Bonchev–Trinajstić information content (AvgIpc) is 2.78. The van der Waals surface area contributed by atoms with Crippen LogP contribution >= 0.6 is 0 Å². The van der Waals surface area contributed by atoms with E-state index in [4.69, 9.17) is 33.2 Å². The second-order valence-electron chi connectivity index (χ2n) is 7.50. The van der Waals surface area contributed by atoms with E-state index in [1.165, 1.54) is 38.5 Å². The van der Waals surface area contributed by atoms with Crippen molar-refractivity contribution in [3.8, 4) is 0 Å². The highest BCUT2D eigenvalue weighted by Crippen LogP contribution is 2.13. The van der Waals surface area contributed by atoms with E-state index in [9.17, 15) is 0 Å². The molecule has 0 bridgehead atoms. The molecule has 30 heavy (non-hydrogen) atoms. The van der Waals surface area contributed by atoms with Gasteiger partial charge in [0.25, 0.3) is 0 Å². The maximum absolute atomic E-state index is 5.60. The van der Waals surface area contributed by atoms with E-state index in [-0.39, 0.29) is 6.29 Å². The van der Waals surface area contributed by atoms with Gasteiger partial charge in [0.1, 0.15) is 0 Å². The van der Waals surface area contributed by atoms with Crippen LogP contribution in [0.2, 0.25) is 0 Å². The van der Waals surface area contributed by atoms with Gasteiger partial charge in [0.2, 0.25) is 0 Å². The SMILES string of the molecule is CCCCCCCCOCCOCCOCCOCCOCCOC1CCCCO1. The molecule has 1 heterocycles. The highest BCUT2D eigenvalue weighted by Gasteiger charge is 2.13. The maximum Gasteiger partial charge on any atom is 0.157 e. The Balaban J connectivity index is 1.63. The van der Waals surface area contributed by atoms with Crippen molar-refractivity contribution in [1.82, 2.24) is 0 Å². The highest BCUT2D eigenvalue weighted by atomic mass is 16.7. The molecule has 180 valence electrons. The molecule has 1 aliphatic heterocycles. The van der Waals surface area contributed by atoms with Gasteiger partial charge in [0.05, 0.1) is 66.1 Å². The van der Waals surface area contributed by atoms with Gasteiger partial charge in [-0.25, -0.2) is 0 Å². The molecule has 7 heteroatoms. The van der Waals surface area contributed by atoms with Crippen molar-refractivity contribution in [2.45, 2.75) is 71.0 Å². The molecule has 0 aromatic carbocycles. The highest BCUT2D eigenvalue weighted by molar-refractivity contribution is 4.53. The summed E-state index contributed by atoms with van der Waals surface area (Å²) in [6, 6.07) is 0. The second-order valence-corrected chi connectivity index (χ2v) is 7.50. The van der Waals surface area contributed by atoms with Gasteiger partial charge < -0.3 is 33.2 Å². The largest absolute Gasteiger partial charge is 0.379 e. The van der Waals surface area contributed by atoms with Gasteiger partial charge in [-0.2, -0.15) is 0 Å². The summed E-state index contributed by atoms with van der Waals surface area (Å²) >= 11 is 0. The number of hydrogen-bond donors (Lipinski definition) is 0. The minimum Gasteiger partial charge on any atom is -0.379 e. The molecular weight excluding hydrogens is 388 g/mol. The monoisotopic (exact) mass is 434 g/mol. The molecule has 0 aromatic heterocycles. The zero-order chi connectivity index (χ0) is 21.4. The van der Waals surface area contributed by atoms with Crippen LogP contribution in [0, 0.1) is 0 Å². The summed E-state index contributed by atoms with van der Waals surface area (Å²) in [7, 11) is 0. The zero-order valence-corrected chi connectivity index (χ0v) is 19.3. The first-order valence-corrected chi connectivity index (χ1v) is 12.1. The Hall–Kier alpha value is -0.280. The lowest BCUT2D eigenvalue weighted by atomic mass is 10.1. The van der Waals surface area contributed by atoms with E-state index in [0.717, 1.165) is 32.5 Å². The van der Waals surface area contributed by atoms with Gasteiger partial charge in [-0.1, -0.05) is 39.0 Å². The van der Waals surface area contributed by atoms with Crippen molar-refractivity contribution in [1.29, 1.82) is 0 Å². The van der Waals surface area contributed by atoms with Crippen molar-refractivity contribution in [2.75, 3.05) is 79.3 Å². The second kappa shape index (κ2) is 23.4. The van der Waals surface area contributed by atoms with E-state index >= 15 is 0 Å². The Kier molecular flexibility index (Phi) is 21.6. The van der Waals surface area contributed by atoms with Crippen LogP contribution in [-0.2, 0) is 33.2 Å². The summed E-state index contributed by atoms with van der Waals surface area (Å²) in [6.07, 6.45) is 11.0. The average molecular weight is 435 g/mol. The first-order chi connectivity index (χ1) is 14.9. The number of rotatable bonds is 23. The Labute approximate surface area is 184 Å². The molecule has 1 rings (SSSR count). The van der Waals surface area contributed by atoms with Crippen LogP contribution in [0.1, 0.15) is 64.7 Å². The van der Waals surface area contributed by atoms with E-state index in [2.05, 4.69) is 6.92 Å². The molecule has 0 radical (unpaired) electrons. The third-order valence-electron chi connectivity index (χ3n) is 4.80. The molecule has 1 aliphatic rings. The zero-order valence-electron chi connectivity index (χ0n) is 19.3. The van der Waals surface area contributed by atoms with Gasteiger partial charge >= 0.3 is 0 Å². The fourth-order valence-corrected chi connectivity index (χ4v) is 3.05. The summed E-state index contributed by atoms with van der Waals surface area (Å²) in [6.45, 7) is 9.76. The molecule has 1 saturated heterocycles. The fourth-order valence-electron chi connectivity index (χ4n) is 3.05. The molecule has 0 saturated carbocycles. The lowest BCUT2D eigenvalue weighted by Gasteiger charge is -2.22. The van der Waals surface area contributed by atoms with Crippen molar-refractivity contribution in [2.24, 2.45) is 0 Å². The van der Waals surface area contributed by atoms with Crippen LogP contribution in [0.3, 0.4) is 0 Å². The number of hydrogen-bond acceptors (Lipinski definition) is 7. The normalized spacial score (nSPS) is 16.9. The summed E-state index contributed by atoms with van der Waals surface area (Å²) in [5.41, 5.74) is 0. The van der Waals surface area contributed by atoms with E-state index in [1.54, 1.807) is 0 Å². The first kappa shape index (κ1) is 27.8. The molecule has 1 atom stereocenters. The number of ether oxygens (including phenoxy) is 7. The third-order valence-corrected chi connectivity index (χ3v) is 4.80. The van der Waals surface area contributed by atoms with Crippen LogP contribution in [0.15, 0.2) is 0 Å². The lowest BCUT2D eigenvalue weighted by Crippen LogP contribution is -2.24. The van der Waals surface area contributed by atoms with Gasteiger partial charge in [-0.3, -0.25) is 0 Å². The smallest absolute Gasteiger partial charge is 0.157 e. The molecule has 0 N–H and O–H groups in total. The van der Waals surface area contributed by atoms with Crippen molar-refractivity contribution < 1.29 is 33.2 Å². The Morgan fingerprint density at radius 3 is 1.60 bits per heavy atom. The fraction of sp³-hybridized carbons (Fsp3) is 1.00. The van der Waals surface area contributed by atoms with Gasteiger partial charge in [-0.15, -0.1) is 0 Å². The molecular formula is C23H46O7. The summed E-state index contributed by atoms with van der Waals surface area (Å²) in [4.78, 5) is 0. The maximum atomic E-state index is 5.60. The third kappa shape index (κ3) is 19.7. The Morgan fingerprint density at radius 1 is 0.567 bits per heavy atom. The van der Waals surface area contributed by atoms with E-state index < -0.39 is 0 Å². The standard InChI is InChI=1S/C23H46O7/c1-2-3-4-5-6-8-11-24-13-14-25-15-16-26-17-18-27-19-20-28-21-22-30-23-10-7-9-12-29-23/h23H,2-22H2,1H3. The van der Waals surface area contributed by atoms with Crippen LogP contribution in [-0.4, -0.2) is 85.6 Å². The van der Waals surface area contributed by atoms with Gasteiger partial charge in [0.15, 0.2) is 6.29 Å². The van der Waals surface area contributed by atoms with Gasteiger partial charge in [-0.05, 0) is 25.7 Å². The topological polar surface area (TPSA) is 64.6 Å². The predicted octanol–water partition coefficient (Wildman–Crippen LogP) is 3.97. The summed E-state index contributed by atoms with van der Waals surface area (Å²) in [5.74, 6) is 0. The minimum atomic E-state index is -0.0441. The van der Waals surface area contributed by atoms with Crippen LogP contribution in [0.4, 0.5) is 0 Å². The lowest BCUT2D eigenvalue weighted by molar-refractivity contribution is -0.169. The molecule has 0 amide bonds. The molecule has 0 aliphatic carbocycles. The molecule has 0 spiro atoms. The minimum absolute atomic E-state index is 0.0441. The van der Waals surface area contributed by atoms with E-state index in [0.29, 0.717) is 66.1 Å². The van der Waals surface area contributed by atoms with Gasteiger partial charge in [0, 0.05) is 13.2 Å². The predicted molar refractivity (Wildman–Crippen MR) is 117 cm³/mol.